The first-order chi connectivity index (χ1) is 11.7. The van der Waals surface area contributed by atoms with Crippen LogP contribution >= 0.6 is 0 Å². The SMILES string of the molecule is Fc1cccc(CN2CCC(c3nnc4n3CCNC4)CC2)c1F. The number of benzene rings is 1. The van der Waals surface area contributed by atoms with Crippen molar-refractivity contribution in [2.45, 2.75) is 38.4 Å². The molecule has 0 radical (unpaired) electrons. The van der Waals surface area contributed by atoms with Crippen LogP contribution in [0.5, 0.6) is 0 Å². The van der Waals surface area contributed by atoms with Gasteiger partial charge in [-0.3, -0.25) is 4.90 Å². The van der Waals surface area contributed by atoms with Crippen molar-refractivity contribution in [3.63, 3.8) is 0 Å². The molecule has 1 aromatic carbocycles. The zero-order valence-corrected chi connectivity index (χ0v) is 13.5. The number of fused-ring (bicyclic) bond motifs is 1. The molecule has 5 nitrogen and oxygen atoms in total. The molecule has 3 heterocycles. The smallest absolute Gasteiger partial charge is 0.163 e. The maximum absolute atomic E-state index is 13.8. The Kier molecular flexibility index (Phi) is 4.28. The van der Waals surface area contributed by atoms with Crippen LogP contribution in [0.4, 0.5) is 8.78 Å². The molecule has 0 aliphatic carbocycles. The van der Waals surface area contributed by atoms with E-state index in [1.165, 1.54) is 0 Å². The van der Waals surface area contributed by atoms with Crippen molar-refractivity contribution in [2.24, 2.45) is 0 Å². The maximum atomic E-state index is 13.8. The van der Waals surface area contributed by atoms with E-state index in [1.54, 1.807) is 12.1 Å². The molecule has 7 heteroatoms. The van der Waals surface area contributed by atoms with Gasteiger partial charge in [0.05, 0.1) is 6.54 Å². The molecule has 1 aromatic heterocycles. The second-order valence-corrected chi connectivity index (χ2v) is 6.57. The quantitative estimate of drug-likeness (QED) is 0.934. The normalized spacial score (nSPS) is 19.4. The van der Waals surface area contributed by atoms with Crippen LogP contribution in [0.25, 0.3) is 0 Å². The van der Waals surface area contributed by atoms with Crippen molar-refractivity contribution in [3.8, 4) is 0 Å². The first-order valence-corrected chi connectivity index (χ1v) is 8.50. The number of hydrogen-bond donors (Lipinski definition) is 1. The van der Waals surface area contributed by atoms with Crippen LogP contribution in [0, 0.1) is 11.6 Å². The summed E-state index contributed by atoms with van der Waals surface area (Å²) in [7, 11) is 0. The summed E-state index contributed by atoms with van der Waals surface area (Å²) >= 11 is 0. The van der Waals surface area contributed by atoms with E-state index >= 15 is 0 Å². The third-order valence-corrected chi connectivity index (χ3v) is 5.03. The maximum Gasteiger partial charge on any atom is 0.163 e. The van der Waals surface area contributed by atoms with E-state index in [2.05, 4.69) is 25.0 Å². The zero-order valence-electron chi connectivity index (χ0n) is 13.5. The lowest BCUT2D eigenvalue weighted by molar-refractivity contribution is 0.197. The van der Waals surface area contributed by atoms with Crippen LogP contribution in [-0.2, 0) is 19.6 Å². The fraction of sp³-hybridized carbons (Fsp3) is 0.529. The molecule has 1 fully saturated rings. The molecule has 0 bridgehead atoms. The largest absolute Gasteiger partial charge is 0.312 e. The van der Waals surface area contributed by atoms with Gasteiger partial charge < -0.3 is 9.88 Å². The first kappa shape index (κ1) is 15.7. The molecular formula is C17H21F2N5. The van der Waals surface area contributed by atoms with Gasteiger partial charge in [-0.25, -0.2) is 8.78 Å². The van der Waals surface area contributed by atoms with Crippen molar-refractivity contribution in [3.05, 3.63) is 47.0 Å². The number of piperidine rings is 1. The second-order valence-electron chi connectivity index (χ2n) is 6.57. The Hall–Kier alpha value is -1.86. The van der Waals surface area contributed by atoms with Gasteiger partial charge in [-0.2, -0.15) is 0 Å². The number of nitrogens with zero attached hydrogens (tertiary/aromatic N) is 4. The molecule has 0 atom stereocenters. The molecule has 1 saturated heterocycles. The van der Waals surface area contributed by atoms with Crippen molar-refractivity contribution in [1.82, 2.24) is 25.0 Å². The van der Waals surface area contributed by atoms with Crippen LogP contribution in [0.1, 0.15) is 36.0 Å². The molecule has 4 rings (SSSR count). The summed E-state index contributed by atoms with van der Waals surface area (Å²) in [6, 6.07) is 4.39. The molecule has 2 aliphatic rings. The fourth-order valence-corrected chi connectivity index (χ4v) is 3.68. The summed E-state index contributed by atoms with van der Waals surface area (Å²) in [6.07, 6.45) is 1.95. The molecule has 128 valence electrons. The Morgan fingerprint density at radius 2 is 1.96 bits per heavy atom. The van der Waals surface area contributed by atoms with Gasteiger partial charge in [-0.1, -0.05) is 12.1 Å². The number of hydrogen-bond acceptors (Lipinski definition) is 4. The van der Waals surface area contributed by atoms with Crippen LogP contribution < -0.4 is 5.32 Å². The highest BCUT2D eigenvalue weighted by atomic mass is 19.2. The van der Waals surface area contributed by atoms with Crippen LogP contribution in [0.3, 0.4) is 0 Å². The highest BCUT2D eigenvalue weighted by Crippen LogP contribution is 2.28. The van der Waals surface area contributed by atoms with Gasteiger partial charge in [0.15, 0.2) is 11.6 Å². The highest BCUT2D eigenvalue weighted by molar-refractivity contribution is 5.19. The minimum absolute atomic E-state index is 0.401. The van der Waals surface area contributed by atoms with Crippen LogP contribution in [0.15, 0.2) is 18.2 Å². The number of rotatable bonds is 3. The van der Waals surface area contributed by atoms with Gasteiger partial charge in [0.25, 0.3) is 0 Å². The topological polar surface area (TPSA) is 46.0 Å². The standard InChI is InChI=1S/C17H21F2N5/c18-14-3-1-2-13(16(14)19)11-23-7-4-12(5-8-23)17-22-21-15-10-20-6-9-24(15)17/h1-3,12,20H,4-11H2. The van der Waals surface area contributed by atoms with Crippen molar-refractivity contribution >= 4 is 0 Å². The summed E-state index contributed by atoms with van der Waals surface area (Å²) in [5.74, 6) is 1.01. The number of nitrogens with one attached hydrogen (secondary N) is 1. The lowest BCUT2D eigenvalue weighted by atomic mass is 9.95. The van der Waals surface area contributed by atoms with Crippen molar-refractivity contribution < 1.29 is 8.78 Å². The average Bonchev–Trinajstić information content (AvgIpc) is 3.04. The summed E-state index contributed by atoms with van der Waals surface area (Å²) in [5.41, 5.74) is 0.430. The summed E-state index contributed by atoms with van der Waals surface area (Å²) in [4.78, 5) is 2.18. The molecule has 0 unspecified atom stereocenters. The van der Waals surface area contributed by atoms with E-state index < -0.39 is 11.6 Å². The van der Waals surface area contributed by atoms with Crippen molar-refractivity contribution in [1.29, 1.82) is 0 Å². The zero-order chi connectivity index (χ0) is 16.5. The predicted octanol–water partition coefficient (Wildman–Crippen LogP) is 2.04. The Bertz CT molecular complexity index is 722. The van der Waals surface area contributed by atoms with Crippen LogP contribution in [-0.4, -0.2) is 39.3 Å². The predicted molar refractivity (Wildman–Crippen MR) is 85.3 cm³/mol. The molecule has 2 aliphatic heterocycles. The number of aromatic nitrogens is 3. The van der Waals surface area contributed by atoms with E-state index in [-0.39, 0.29) is 0 Å². The summed E-state index contributed by atoms with van der Waals surface area (Å²) < 4.78 is 29.4. The van der Waals surface area contributed by atoms with E-state index in [4.69, 9.17) is 0 Å². The van der Waals surface area contributed by atoms with Gasteiger partial charge in [-0.15, -0.1) is 10.2 Å². The third-order valence-electron chi connectivity index (χ3n) is 5.03. The Morgan fingerprint density at radius 1 is 1.12 bits per heavy atom. The lowest BCUT2D eigenvalue weighted by Crippen LogP contribution is -2.35. The molecule has 0 spiro atoms. The second kappa shape index (κ2) is 6.57. The molecule has 2 aromatic rings. The van der Waals surface area contributed by atoms with Gasteiger partial charge >= 0.3 is 0 Å². The minimum Gasteiger partial charge on any atom is -0.312 e. The number of likely N-dealkylation sites (tertiary alicyclic amines) is 1. The highest BCUT2D eigenvalue weighted by Gasteiger charge is 2.27. The van der Waals surface area contributed by atoms with Gasteiger partial charge in [0, 0.05) is 31.1 Å². The third kappa shape index (κ3) is 2.93. The minimum atomic E-state index is -0.772. The first-order valence-electron chi connectivity index (χ1n) is 8.50. The lowest BCUT2D eigenvalue weighted by Gasteiger charge is -2.32. The summed E-state index contributed by atoms with van der Waals surface area (Å²) in [5, 5.41) is 12.0. The molecule has 24 heavy (non-hydrogen) atoms. The van der Waals surface area contributed by atoms with Crippen LogP contribution in [0.2, 0.25) is 0 Å². The Labute approximate surface area is 139 Å². The van der Waals surface area contributed by atoms with Gasteiger partial charge in [0.1, 0.15) is 11.6 Å². The average molecular weight is 333 g/mol. The Balaban J connectivity index is 1.40. The molecular weight excluding hydrogens is 312 g/mol. The van der Waals surface area contributed by atoms with E-state index in [1.807, 2.05) is 0 Å². The fourth-order valence-electron chi connectivity index (χ4n) is 3.68. The van der Waals surface area contributed by atoms with Crippen molar-refractivity contribution in [2.75, 3.05) is 19.6 Å². The van der Waals surface area contributed by atoms with E-state index in [0.29, 0.717) is 18.0 Å². The molecule has 0 saturated carbocycles. The summed E-state index contributed by atoms with van der Waals surface area (Å²) in [6.45, 7) is 4.84. The van der Waals surface area contributed by atoms with Gasteiger partial charge in [0.2, 0.25) is 0 Å². The molecule has 1 N–H and O–H groups in total. The monoisotopic (exact) mass is 333 g/mol. The molecule has 0 amide bonds. The number of halogens is 2. The van der Waals surface area contributed by atoms with E-state index in [9.17, 15) is 8.78 Å². The Morgan fingerprint density at radius 3 is 2.79 bits per heavy atom. The van der Waals surface area contributed by atoms with Gasteiger partial charge in [-0.05, 0) is 32.0 Å². The van der Waals surface area contributed by atoms with E-state index in [0.717, 1.165) is 63.3 Å².